The highest BCUT2D eigenvalue weighted by Crippen LogP contribution is 2.21. The van der Waals surface area contributed by atoms with Gasteiger partial charge in [-0.15, -0.1) is 0 Å². The average Bonchev–Trinajstić information content (AvgIpc) is 3.43. The summed E-state index contributed by atoms with van der Waals surface area (Å²) in [4.78, 5) is 36.2. The smallest absolute Gasteiger partial charge is 0.262 e. The number of hydrogen-bond donors (Lipinski definition) is 1. The fourth-order valence-electron chi connectivity index (χ4n) is 4.39. The summed E-state index contributed by atoms with van der Waals surface area (Å²) in [5.74, 6) is 6.30. The van der Waals surface area contributed by atoms with Crippen LogP contribution in [0.15, 0.2) is 53.8 Å². The molecule has 37 heavy (non-hydrogen) atoms. The summed E-state index contributed by atoms with van der Waals surface area (Å²) in [6, 6.07) is 6.41. The quantitative estimate of drug-likeness (QED) is 0.385. The lowest BCUT2D eigenvalue weighted by atomic mass is 10.1. The molecule has 1 aromatic carbocycles. The van der Waals surface area contributed by atoms with Crippen molar-refractivity contribution in [2.75, 3.05) is 0 Å². The number of rotatable bonds is 4. The largest absolute Gasteiger partial charge is 0.342 e. The molecule has 0 aliphatic heterocycles. The van der Waals surface area contributed by atoms with Crippen LogP contribution in [0.4, 0.5) is 0 Å². The number of carbonyl (C=O) groups excluding carboxylic acids is 1. The topological polar surface area (TPSA) is 112 Å². The summed E-state index contributed by atoms with van der Waals surface area (Å²) in [7, 11) is 1.82. The Morgan fingerprint density at radius 3 is 2.68 bits per heavy atom. The zero-order valence-electron chi connectivity index (χ0n) is 21.2. The molecule has 5 aromatic rings. The van der Waals surface area contributed by atoms with Crippen molar-refractivity contribution in [1.29, 1.82) is 0 Å². The molecule has 0 aliphatic rings. The normalized spacial score (nSPS) is 12.1. The monoisotopic (exact) mass is 494 g/mol. The zero-order valence-corrected chi connectivity index (χ0v) is 21.2. The minimum atomic E-state index is -0.560. The van der Waals surface area contributed by atoms with Gasteiger partial charge in [0, 0.05) is 37.2 Å². The number of aryl methyl sites for hydroxylation is 2. The number of carbonyl (C=O) groups is 1. The van der Waals surface area contributed by atoms with Crippen LogP contribution in [0.1, 0.15) is 65.9 Å². The molecule has 5 rings (SSSR count). The number of amides is 1. The fraction of sp³-hybridized carbons (Fsp3) is 0.259. The highest BCUT2D eigenvalue weighted by atomic mass is 16.2. The molecule has 1 amide bonds. The molecule has 0 saturated heterocycles. The Morgan fingerprint density at radius 1 is 1.14 bits per heavy atom. The van der Waals surface area contributed by atoms with E-state index in [0.717, 1.165) is 5.56 Å². The second-order valence-electron chi connectivity index (χ2n) is 9.13. The first-order valence-electron chi connectivity index (χ1n) is 11.9. The van der Waals surface area contributed by atoms with Crippen LogP contribution in [0.3, 0.4) is 0 Å². The first-order chi connectivity index (χ1) is 17.7. The molecule has 1 N–H and O–H groups in total. The van der Waals surface area contributed by atoms with Crippen molar-refractivity contribution in [2.45, 2.75) is 39.8 Å². The maximum absolute atomic E-state index is 13.8. The zero-order chi connectivity index (χ0) is 26.3. The second-order valence-corrected chi connectivity index (χ2v) is 9.13. The van der Waals surface area contributed by atoms with Gasteiger partial charge in [-0.3, -0.25) is 18.8 Å². The van der Waals surface area contributed by atoms with E-state index in [0.29, 0.717) is 39.2 Å². The molecule has 0 bridgehead atoms. The van der Waals surface area contributed by atoms with Crippen molar-refractivity contribution < 1.29 is 4.79 Å². The maximum atomic E-state index is 13.8. The van der Waals surface area contributed by atoms with Crippen LogP contribution in [0.5, 0.6) is 0 Å². The number of fused-ring (bicyclic) bond motifs is 2. The molecule has 10 nitrogen and oxygen atoms in total. The Morgan fingerprint density at radius 2 is 1.95 bits per heavy atom. The number of hydrogen-bond acceptors (Lipinski definition) is 6. The van der Waals surface area contributed by atoms with Gasteiger partial charge >= 0.3 is 0 Å². The Kier molecular flexibility index (Phi) is 6.05. The number of nitrogens with one attached hydrogen (secondary N) is 1. The summed E-state index contributed by atoms with van der Waals surface area (Å²) in [6.07, 6.45) is 6.84. The molecule has 4 aromatic heterocycles. The second kappa shape index (κ2) is 9.35. The third kappa shape index (κ3) is 4.36. The Bertz CT molecular complexity index is 1780. The Labute approximate surface area is 213 Å². The molecule has 0 aliphatic carbocycles. The van der Waals surface area contributed by atoms with Gasteiger partial charge in [-0.1, -0.05) is 17.9 Å². The summed E-state index contributed by atoms with van der Waals surface area (Å²) in [5, 5.41) is 11.9. The van der Waals surface area contributed by atoms with Crippen molar-refractivity contribution in [3.8, 4) is 11.8 Å². The Balaban J connectivity index is 1.57. The minimum Gasteiger partial charge on any atom is -0.342 e. The van der Waals surface area contributed by atoms with Crippen molar-refractivity contribution in [3.63, 3.8) is 0 Å². The standard InChI is InChI=1S/C27H26N8O2/c1-16(2)35-24(18(4)30-26(36)22-17(3)32-34-13-7-12-28-25(22)34)31-21-9-6-8-20(23(21)27(35)37)11-10-19-14-29-33(5)15-19/h6-9,12-16,18H,1-5H3,(H,30,36)/t18-/m1/s1. The molecule has 10 heteroatoms. The van der Waals surface area contributed by atoms with Crippen LogP contribution in [0.25, 0.3) is 16.6 Å². The lowest BCUT2D eigenvalue weighted by molar-refractivity contribution is 0.0938. The summed E-state index contributed by atoms with van der Waals surface area (Å²) in [5.41, 5.74) is 3.07. The third-order valence-electron chi connectivity index (χ3n) is 6.05. The van der Waals surface area contributed by atoms with E-state index in [1.165, 1.54) is 0 Å². The van der Waals surface area contributed by atoms with Crippen LogP contribution in [0, 0.1) is 18.8 Å². The van der Waals surface area contributed by atoms with Gasteiger partial charge in [-0.05, 0) is 45.9 Å². The number of benzene rings is 1. The van der Waals surface area contributed by atoms with Gasteiger partial charge in [0.15, 0.2) is 5.65 Å². The van der Waals surface area contributed by atoms with Gasteiger partial charge in [0.2, 0.25) is 0 Å². The molecule has 1 atom stereocenters. The minimum absolute atomic E-state index is 0.196. The van der Waals surface area contributed by atoms with E-state index in [-0.39, 0.29) is 17.5 Å². The highest BCUT2D eigenvalue weighted by molar-refractivity contribution is 6.01. The third-order valence-corrected chi connectivity index (χ3v) is 6.05. The van der Waals surface area contributed by atoms with E-state index in [1.807, 2.05) is 46.1 Å². The van der Waals surface area contributed by atoms with Crippen molar-refractivity contribution in [3.05, 3.63) is 87.6 Å². The number of nitrogens with zero attached hydrogens (tertiary/aromatic N) is 7. The van der Waals surface area contributed by atoms with Crippen molar-refractivity contribution >= 4 is 22.5 Å². The van der Waals surface area contributed by atoms with E-state index in [1.54, 1.807) is 51.4 Å². The summed E-state index contributed by atoms with van der Waals surface area (Å²) >= 11 is 0. The molecule has 0 radical (unpaired) electrons. The van der Waals surface area contributed by atoms with E-state index in [4.69, 9.17) is 4.98 Å². The van der Waals surface area contributed by atoms with Gasteiger partial charge < -0.3 is 5.32 Å². The molecular weight excluding hydrogens is 468 g/mol. The lowest BCUT2D eigenvalue weighted by Gasteiger charge is -2.22. The first kappa shape index (κ1) is 23.9. The molecule has 4 heterocycles. The van der Waals surface area contributed by atoms with Gasteiger partial charge in [-0.25, -0.2) is 14.5 Å². The molecule has 186 valence electrons. The molecule has 0 fully saturated rings. The van der Waals surface area contributed by atoms with Gasteiger partial charge in [0.25, 0.3) is 11.5 Å². The summed E-state index contributed by atoms with van der Waals surface area (Å²) < 4.78 is 4.86. The fourth-order valence-corrected chi connectivity index (χ4v) is 4.39. The maximum Gasteiger partial charge on any atom is 0.262 e. The predicted molar refractivity (Wildman–Crippen MR) is 139 cm³/mol. The van der Waals surface area contributed by atoms with Crippen molar-refractivity contribution in [2.24, 2.45) is 7.05 Å². The van der Waals surface area contributed by atoms with Crippen LogP contribution in [0.2, 0.25) is 0 Å². The van der Waals surface area contributed by atoms with Gasteiger partial charge in [0.1, 0.15) is 11.4 Å². The highest BCUT2D eigenvalue weighted by Gasteiger charge is 2.24. The van der Waals surface area contributed by atoms with E-state index in [2.05, 4.69) is 32.3 Å². The lowest BCUT2D eigenvalue weighted by Crippen LogP contribution is -2.35. The number of aromatic nitrogens is 7. The first-order valence-corrected chi connectivity index (χ1v) is 11.9. The Hall–Kier alpha value is -4.78. The molecule has 0 spiro atoms. The molecule has 0 saturated carbocycles. The van der Waals surface area contributed by atoms with Crippen LogP contribution in [-0.2, 0) is 7.05 Å². The van der Waals surface area contributed by atoms with Crippen LogP contribution < -0.4 is 10.9 Å². The van der Waals surface area contributed by atoms with E-state index < -0.39 is 6.04 Å². The van der Waals surface area contributed by atoms with Gasteiger partial charge in [-0.2, -0.15) is 10.2 Å². The SMILES string of the molecule is Cc1nn2cccnc2c1C(=O)N[C@H](C)c1nc2cccc(C#Cc3cnn(C)c3)c2c(=O)n1C(C)C. The molecular formula is C27H26N8O2. The summed E-state index contributed by atoms with van der Waals surface area (Å²) in [6.45, 7) is 7.40. The van der Waals surface area contributed by atoms with E-state index >= 15 is 0 Å². The molecule has 0 unspecified atom stereocenters. The predicted octanol–water partition coefficient (Wildman–Crippen LogP) is 2.95. The van der Waals surface area contributed by atoms with Crippen LogP contribution in [-0.4, -0.2) is 39.8 Å². The van der Waals surface area contributed by atoms with E-state index in [9.17, 15) is 9.59 Å². The van der Waals surface area contributed by atoms with Crippen LogP contribution >= 0.6 is 0 Å². The average molecular weight is 495 g/mol. The van der Waals surface area contributed by atoms with Gasteiger partial charge in [0.05, 0.1) is 34.4 Å². The van der Waals surface area contributed by atoms with Crippen molar-refractivity contribution in [1.82, 2.24) is 39.2 Å².